The summed E-state index contributed by atoms with van der Waals surface area (Å²) in [6.07, 6.45) is 3.17. The highest BCUT2D eigenvalue weighted by Crippen LogP contribution is 2.47. The van der Waals surface area contributed by atoms with Gasteiger partial charge in [-0.1, -0.05) is 0 Å². The molecule has 4 rings (SSSR count). The van der Waals surface area contributed by atoms with Crippen LogP contribution in [0.15, 0.2) is 11.7 Å². The van der Waals surface area contributed by atoms with Crippen LogP contribution in [0.3, 0.4) is 0 Å². The Bertz CT molecular complexity index is 863. The number of carbonyl (C=O) groups excluding carboxylic acids is 2. The molecule has 2 aliphatic rings. The van der Waals surface area contributed by atoms with Crippen LogP contribution in [0.2, 0.25) is 0 Å². The first kappa shape index (κ1) is 17.9. The lowest BCUT2D eigenvalue weighted by Crippen LogP contribution is -2.50. The molecule has 2 aliphatic heterocycles. The second kappa shape index (κ2) is 6.91. The van der Waals surface area contributed by atoms with E-state index < -0.39 is 0 Å². The standard InChI is InChI=1S/C17H23N7O2S/c1-3-18-16(26)22-13-14-19-10-20-24(14)7-5-17(13)4-6-23(9-17)15(25)12-8-27-11(2)21-12/h8,10,13H,3-7,9H2,1-2H3,(H2,18,22,26). The maximum atomic E-state index is 12.9. The first-order chi connectivity index (χ1) is 13.0. The highest BCUT2D eigenvalue weighted by molar-refractivity contribution is 7.09. The molecule has 1 spiro atoms. The van der Waals surface area contributed by atoms with Crippen molar-refractivity contribution in [2.24, 2.45) is 5.41 Å². The minimum absolute atomic E-state index is 0.0416. The molecule has 2 aromatic heterocycles. The Labute approximate surface area is 161 Å². The van der Waals surface area contributed by atoms with Gasteiger partial charge in [0.1, 0.15) is 17.8 Å². The van der Waals surface area contributed by atoms with Crippen molar-refractivity contribution in [2.45, 2.75) is 39.3 Å². The second-order valence-electron chi connectivity index (χ2n) is 7.12. The van der Waals surface area contributed by atoms with Crippen molar-refractivity contribution in [1.82, 2.24) is 35.3 Å². The summed E-state index contributed by atoms with van der Waals surface area (Å²) in [6.45, 7) is 6.29. The number of aryl methyl sites for hydroxylation is 2. The van der Waals surface area contributed by atoms with Gasteiger partial charge in [0.05, 0.1) is 11.0 Å². The molecule has 1 fully saturated rings. The van der Waals surface area contributed by atoms with Gasteiger partial charge in [0.2, 0.25) is 0 Å². The van der Waals surface area contributed by atoms with E-state index in [2.05, 4.69) is 25.7 Å². The third kappa shape index (κ3) is 3.18. The Hall–Kier alpha value is -2.49. The molecule has 9 nitrogen and oxygen atoms in total. The van der Waals surface area contributed by atoms with Gasteiger partial charge >= 0.3 is 6.03 Å². The van der Waals surface area contributed by atoms with Gasteiger partial charge in [-0.3, -0.25) is 4.79 Å². The molecule has 3 amide bonds. The van der Waals surface area contributed by atoms with Crippen molar-refractivity contribution in [1.29, 1.82) is 0 Å². The van der Waals surface area contributed by atoms with Crippen molar-refractivity contribution in [2.75, 3.05) is 19.6 Å². The molecule has 27 heavy (non-hydrogen) atoms. The molecule has 2 atom stereocenters. The number of aromatic nitrogens is 4. The highest BCUT2D eigenvalue weighted by atomic mass is 32.1. The van der Waals surface area contributed by atoms with Gasteiger partial charge in [-0.05, 0) is 26.7 Å². The number of nitrogens with one attached hydrogen (secondary N) is 2. The Morgan fingerprint density at radius 2 is 2.19 bits per heavy atom. The monoisotopic (exact) mass is 389 g/mol. The van der Waals surface area contributed by atoms with E-state index in [1.165, 1.54) is 17.7 Å². The van der Waals surface area contributed by atoms with Crippen LogP contribution in [-0.2, 0) is 6.54 Å². The SMILES string of the molecule is CCNC(=O)NC1c2ncnn2CCC12CCN(C(=O)c1csc(C)n1)C2. The van der Waals surface area contributed by atoms with E-state index in [1.807, 2.05) is 28.8 Å². The van der Waals surface area contributed by atoms with Gasteiger partial charge in [0.25, 0.3) is 5.91 Å². The molecule has 0 saturated carbocycles. The lowest BCUT2D eigenvalue weighted by molar-refractivity contribution is 0.0729. The summed E-state index contributed by atoms with van der Waals surface area (Å²) in [4.78, 5) is 35.7. The van der Waals surface area contributed by atoms with Gasteiger partial charge in [-0.15, -0.1) is 11.3 Å². The van der Waals surface area contributed by atoms with E-state index in [0.29, 0.717) is 25.3 Å². The molecule has 0 aliphatic carbocycles. The van der Waals surface area contributed by atoms with Gasteiger partial charge in [0.15, 0.2) is 0 Å². The number of urea groups is 1. The fourth-order valence-corrected chi connectivity index (χ4v) is 4.70. The summed E-state index contributed by atoms with van der Waals surface area (Å²) in [7, 11) is 0. The molecule has 1 saturated heterocycles. The first-order valence-electron chi connectivity index (χ1n) is 9.16. The quantitative estimate of drug-likeness (QED) is 0.824. The van der Waals surface area contributed by atoms with E-state index in [9.17, 15) is 9.59 Å². The maximum absolute atomic E-state index is 12.9. The highest BCUT2D eigenvalue weighted by Gasteiger charge is 2.51. The number of carbonyl (C=O) groups is 2. The fourth-order valence-electron chi connectivity index (χ4n) is 4.11. The molecule has 4 heterocycles. The first-order valence-corrected chi connectivity index (χ1v) is 10.0. The second-order valence-corrected chi connectivity index (χ2v) is 8.18. The topological polar surface area (TPSA) is 105 Å². The zero-order chi connectivity index (χ0) is 19.0. The third-order valence-corrected chi connectivity index (χ3v) is 6.23. The Kier molecular flexibility index (Phi) is 4.58. The Morgan fingerprint density at radius 1 is 1.37 bits per heavy atom. The molecule has 144 valence electrons. The molecule has 10 heteroatoms. The van der Waals surface area contributed by atoms with Crippen LogP contribution in [0.25, 0.3) is 0 Å². The predicted octanol–water partition coefficient (Wildman–Crippen LogP) is 1.34. The Balaban J connectivity index is 1.59. The molecule has 0 aromatic carbocycles. The summed E-state index contributed by atoms with van der Waals surface area (Å²) < 4.78 is 1.84. The zero-order valence-corrected chi connectivity index (χ0v) is 16.3. The molecule has 2 aromatic rings. The average Bonchev–Trinajstić information content (AvgIpc) is 3.37. The van der Waals surface area contributed by atoms with Crippen LogP contribution < -0.4 is 10.6 Å². The van der Waals surface area contributed by atoms with Gasteiger partial charge < -0.3 is 15.5 Å². The summed E-state index contributed by atoms with van der Waals surface area (Å²) in [5.74, 6) is 0.714. The molecule has 2 unspecified atom stereocenters. The number of nitrogens with zero attached hydrogens (tertiary/aromatic N) is 5. The minimum atomic E-state index is -0.282. The molecule has 2 N–H and O–H groups in total. The fraction of sp³-hybridized carbons (Fsp3) is 0.588. The smallest absolute Gasteiger partial charge is 0.315 e. The molecule has 0 radical (unpaired) electrons. The number of amides is 3. The maximum Gasteiger partial charge on any atom is 0.315 e. The van der Waals surface area contributed by atoms with E-state index in [4.69, 9.17) is 0 Å². The number of thiazole rings is 1. The minimum Gasteiger partial charge on any atom is -0.338 e. The number of fused-ring (bicyclic) bond motifs is 1. The van der Waals surface area contributed by atoms with Crippen LogP contribution in [0.4, 0.5) is 4.79 Å². The number of likely N-dealkylation sites (tertiary alicyclic amines) is 1. The van der Waals surface area contributed by atoms with Crippen molar-refractivity contribution in [3.8, 4) is 0 Å². The largest absolute Gasteiger partial charge is 0.338 e. The van der Waals surface area contributed by atoms with Gasteiger partial charge in [0, 0.05) is 37.0 Å². The van der Waals surface area contributed by atoms with Crippen LogP contribution >= 0.6 is 11.3 Å². The number of hydrogen-bond acceptors (Lipinski definition) is 6. The van der Waals surface area contributed by atoms with E-state index in [0.717, 1.165) is 30.2 Å². The van der Waals surface area contributed by atoms with Gasteiger partial charge in [-0.2, -0.15) is 5.10 Å². The third-order valence-electron chi connectivity index (χ3n) is 5.46. The number of rotatable bonds is 3. The molecular weight excluding hydrogens is 366 g/mol. The van der Waals surface area contributed by atoms with Crippen molar-refractivity contribution < 1.29 is 9.59 Å². The summed E-state index contributed by atoms with van der Waals surface area (Å²) in [5.41, 5.74) is 0.260. The zero-order valence-electron chi connectivity index (χ0n) is 15.4. The number of hydrogen-bond donors (Lipinski definition) is 2. The van der Waals surface area contributed by atoms with Crippen LogP contribution in [-0.4, -0.2) is 56.2 Å². The van der Waals surface area contributed by atoms with Crippen molar-refractivity contribution >= 4 is 23.3 Å². The molecular formula is C17H23N7O2S. The normalized spacial score (nSPS) is 24.1. The summed E-state index contributed by atoms with van der Waals surface area (Å²) >= 11 is 1.48. The average molecular weight is 389 g/mol. The van der Waals surface area contributed by atoms with E-state index in [-0.39, 0.29) is 23.4 Å². The summed E-state index contributed by atoms with van der Waals surface area (Å²) in [5, 5.41) is 12.8. The van der Waals surface area contributed by atoms with Crippen molar-refractivity contribution in [3.63, 3.8) is 0 Å². The van der Waals surface area contributed by atoms with E-state index in [1.54, 1.807) is 0 Å². The van der Waals surface area contributed by atoms with Gasteiger partial charge in [-0.25, -0.2) is 19.4 Å². The lowest BCUT2D eigenvalue weighted by atomic mass is 9.74. The van der Waals surface area contributed by atoms with Crippen LogP contribution in [0.1, 0.15) is 47.1 Å². The molecule has 0 bridgehead atoms. The predicted molar refractivity (Wildman–Crippen MR) is 99.4 cm³/mol. The van der Waals surface area contributed by atoms with E-state index >= 15 is 0 Å². The van der Waals surface area contributed by atoms with Crippen LogP contribution in [0, 0.1) is 12.3 Å². The van der Waals surface area contributed by atoms with Crippen LogP contribution in [0.5, 0.6) is 0 Å². The van der Waals surface area contributed by atoms with Crippen molar-refractivity contribution in [3.05, 3.63) is 28.2 Å². The lowest BCUT2D eigenvalue weighted by Gasteiger charge is -2.40. The Morgan fingerprint density at radius 3 is 2.93 bits per heavy atom. The summed E-state index contributed by atoms with van der Waals surface area (Å²) in [6, 6.07) is -0.506.